The van der Waals surface area contributed by atoms with Crippen molar-refractivity contribution >= 4 is 5.69 Å². The van der Waals surface area contributed by atoms with Crippen LogP contribution in [0, 0.1) is 23.7 Å². The van der Waals surface area contributed by atoms with Gasteiger partial charge in [0.25, 0.3) is 0 Å². The Morgan fingerprint density at radius 1 is 1.39 bits per heavy atom. The molecule has 1 aromatic rings. The summed E-state index contributed by atoms with van der Waals surface area (Å²) in [6, 6.07) is 8.28. The zero-order valence-electron chi connectivity index (χ0n) is 11.7. The van der Waals surface area contributed by atoms with Crippen molar-refractivity contribution in [3.05, 3.63) is 23.8 Å². The molecule has 0 radical (unpaired) electrons. The van der Waals surface area contributed by atoms with Crippen LogP contribution >= 0.6 is 0 Å². The molecule has 0 aliphatic rings. The largest absolute Gasteiger partial charge is 0.496 e. The summed E-state index contributed by atoms with van der Waals surface area (Å²) >= 11 is 0. The van der Waals surface area contributed by atoms with Crippen molar-refractivity contribution in [3.8, 4) is 11.8 Å². The van der Waals surface area contributed by atoms with Crippen molar-refractivity contribution in [2.75, 3.05) is 19.0 Å². The van der Waals surface area contributed by atoms with Crippen LogP contribution in [-0.2, 0) is 0 Å². The lowest BCUT2D eigenvalue weighted by atomic mass is 9.88. The second kappa shape index (κ2) is 6.30. The predicted molar refractivity (Wildman–Crippen MR) is 74.8 cm³/mol. The lowest BCUT2D eigenvalue weighted by Crippen LogP contribution is -2.22. The molecule has 0 heterocycles. The molecule has 0 aliphatic carbocycles. The number of benzene rings is 1. The highest BCUT2D eigenvalue weighted by atomic mass is 16.5. The Bertz CT molecular complexity index is 433. The SMILES string of the molecule is COc1ccc(NCC(C)(C)CCC#N)cc1C. The Balaban J connectivity index is 2.58. The summed E-state index contributed by atoms with van der Waals surface area (Å²) in [4.78, 5) is 0. The zero-order chi connectivity index (χ0) is 13.6. The van der Waals surface area contributed by atoms with Gasteiger partial charge in [0.05, 0.1) is 13.2 Å². The fourth-order valence-corrected chi connectivity index (χ4v) is 1.81. The molecule has 0 saturated heterocycles. The van der Waals surface area contributed by atoms with Crippen molar-refractivity contribution in [3.63, 3.8) is 0 Å². The number of nitrogens with zero attached hydrogens (tertiary/aromatic N) is 1. The Labute approximate surface area is 110 Å². The number of ether oxygens (including phenoxy) is 1. The summed E-state index contributed by atoms with van der Waals surface area (Å²) < 4.78 is 5.23. The normalized spacial score (nSPS) is 10.8. The minimum Gasteiger partial charge on any atom is -0.496 e. The Morgan fingerprint density at radius 2 is 2.11 bits per heavy atom. The van der Waals surface area contributed by atoms with E-state index in [1.165, 1.54) is 0 Å². The number of rotatable bonds is 6. The van der Waals surface area contributed by atoms with Gasteiger partial charge in [-0.1, -0.05) is 13.8 Å². The first-order valence-corrected chi connectivity index (χ1v) is 6.24. The van der Waals surface area contributed by atoms with Gasteiger partial charge in [0.1, 0.15) is 5.75 Å². The monoisotopic (exact) mass is 246 g/mol. The van der Waals surface area contributed by atoms with Gasteiger partial charge in [0.2, 0.25) is 0 Å². The van der Waals surface area contributed by atoms with Gasteiger partial charge in [-0.25, -0.2) is 0 Å². The summed E-state index contributed by atoms with van der Waals surface area (Å²) in [5.74, 6) is 0.907. The molecule has 0 fully saturated rings. The number of aryl methyl sites for hydroxylation is 1. The number of methoxy groups -OCH3 is 1. The standard InChI is InChI=1S/C15H22N2O/c1-12-10-13(6-7-14(12)18-4)17-11-15(2,3)8-5-9-16/h6-7,10,17H,5,8,11H2,1-4H3. The minimum absolute atomic E-state index is 0.129. The third-order valence-corrected chi connectivity index (χ3v) is 3.08. The summed E-state index contributed by atoms with van der Waals surface area (Å²) in [5.41, 5.74) is 2.35. The van der Waals surface area contributed by atoms with Gasteiger partial charge >= 0.3 is 0 Å². The van der Waals surface area contributed by atoms with Crippen LogP contribution in [0.15, 0.2) is 18.2 Å². The average Bonchev–Trinajstić information content (AvgIpc) is 2.34. The fourth-order valence-electron chi connectivity index (χ4n) is 1.81. The number of hydrogen-bond acceptors (Lipinski definition) is 3. The van der Waals surface area contributed by atoms with Gasteiger partial charge < -0.3 is 10.1 Å². The van der Waals surface area contributed by atoms with E-state index in [9.17, 15) is 0 Å². The Kier molecular flexibility index (Phi) is 5.03. The quantitative estimate of drug-likeness (QED) is 0.831. The maximum absolute atomic E-state index is 8.62. The molecular formula is C15H22N2O. The molecule has 0 amide bonds. The molecule has 0 aliphatic heterocycles. The van der Waals surface area contributed by atoms with Gasteiger partial charge in [-0.05, 0) is 42.5 Å². The van der Waals surface area contributed by atoms with Crippen LogP contribution in [0.4, 0.5) is 5.69 Å². The van der Waals surface area contributed by atoms with E-state index in [0.717, 1.165) is 30.0 Å². The molecule has 0 unspecified atom stereocenters. The summed E-state index contributed by atoms with van der Waals surface area (Å²) in [6.45, 7) is 7.24. The number of nitrogens with one attached hydrogen (secondary N) is 1. The van der Waals surface area contributed by atoms with Crippen LogP contribution < -0.4 is 10.1 Å². The topological polar surface area (TPSA) is 45.0 Å². The number of nitriles is 1. The highest BCUT2D eigenvalue weighted by Crippen LogP contribution is 2.25. The molecule has 3 nitrogen and oxygen atoms in total. The first kappa shape index (κ1) is 14.4. The van der Waals surface area contributed by atoms with Crippen molar-refractivity contribution in [1.82, 2.24) is 0 Å². The van der Waals surface area contributed by atoms with Gasteiger partial charge in [-0.3, -0.25) is 0 Å². The summed E-state index contributed by atoms with van der Waals surface area (Å²) in [6.07, 6.45) is 1.52. The van der Waals surface area contributed by atoms with Crippen LogP contribution in [0.1, 0.15) is 32.3 Å². The molecule has 1 N–H and O–H groups in total. The Morgan fingerprint density at radius 3 is 2.67 bits per heavy atom. The molecule has 0 aromatic heterocycles. The molecule has 0 bridgehead atoms. The highest BCUT2D eigenvalue weighted by molar-refractivity contribution is 5.50. The van der Waals surface area contributed by atoms with Gasteiger partial charge in [0.15, 0.2) is 0 Å². The van der Waals surface area contributed by atoms with E-state index in [4.69, 9.17) is 10.00 Å². The second-order valence-electron chi connectivity index (χ2n) is 5.36. The summed E-state index contributed by atoms with van der Waals surface area (Å²) in [5, 5.41) is 12.0. The van der Waals surface area contributed by atoms with Crippen molar-refractivity contribution in [1.29, 1.82) is 5.26 Å². The first-order valence-electron chi connectivity index (χ1n) is 6.24. The Hall–Kier alpha value is -1.69. The molecular weight excluding hydrogens is 224 g/mol. The van der Waals surface area contributed by atoms with Crippen molar-refractivity contribution < 1.29 is 4.74 Å². The average molecular weight is 246 g/mol. The lowest BCUT2D eigenvalue weighted by Gasteiger charge is -2.24. The zero-order valence-corrected chi connectivity index (χ0v) is 11.7. The van der Waals surface area contributed by atoms with Gasteiger partial charge in [-0.2, -0.15) is 5.26 Å². The first-order chi connectivity index (χ1) is 8.48. The molecule has 98 valence electrons. The molecule has 1 aromatic carbocycles. The third-order valence-electron chi connectivity index (χ3n) is 3.08. The van der Waals surface area contributed by atoms with E-state index in [-0.39, 0.29) is 5.41 Å². The van der Waals surface area contributed by atoms with Crippen LogP contribution in [0.2, 0.25) is 0 Å². The van der Waals surface area contributed by atoms with Gasteiger partial charge in [-0.15, -0.1) is 0 Å². The van der Waals surface area contributed by atoms with Crippen LogP contribution in [-0.4, -0.2) is 13.7 Å². The molecule has 0 saturated carbocycles. The van der Waals surface area contributed by atoms with Crippen LogP contribution in [0.5, 0.6) is 5.75 Å². The fraction of sp³-hybridized carbons (Fsp3) is 0.533. The molecule has 0 spiro atoms. The smallest absolute Gasteiger partial charge is 0.121 e. The number of anilines is 1. The van der Waals surface area contributed by atoms with E-state index in [1.54, 1.807) is 7.11 Å². The summed E-state index contributed by atoms with van der Waals surface area (Å²) in [7, 11) is 1.68. The highest BCUT2D eigenvalue weighted by Gasteiger charge is 2.17. The van der Waals surface area contributed by atoms with E-state index in [1.807, 2.05) is 19.1 Å². The van der Waals surface area contributed by atoms with E-state index >= 15 is 0 Å². The van der Waals surface area contributed by atoms with Crippen molar-refractivity contribution in [2.45, 2.75) is 33.6 Å². The van der Waals surface area contributed by atoms with E-state index < -0.39 is 0 Å². The molecule has 1 rings (SSSR count). The van der Waals surface area contributed by atoms with Crippen LogP contribution in [0.3, 0.4) is 0 Å². The number of hydrogen-bond donors (Lipinski definition) is 1. The molecule has 0 atom stereocenters. The maximum atomic E-state index is 8.62. The van der Waals surface area contributed by atoms with Crippen LogP contribution in [0.25, 0.3) is 0 Å². The van der Waals surface area contributed by atoms with Gasteiger partial charge in [0, 0.05) is 18.7 Å². The molecule has 3 heteroatoms. The van der Waals surface area contributed by atoms with Crippen molar-refractivity contribution in [2.24, 2.45) is 5.41 Å². The van der Waals surface area contributed by atoms with E-state index in [2.05, 4.69) is 31.3 Å². The second-order valence-corrected chi connectivity index (χ2v) is 5.36. The molecule has 18 heavy (non-hydrogen) atoms. The minimum atomic E-state index is 0.129. The van der Waals surface area contributed by atoms with E-state index in [0.29, 0.717) is 6.42 Å². The predicted octanol–water partition coefficient (Wildman–Crippen LogP) is 3.75. The third kappa shape index (κ3) is 4.29. The maximum Gasteiger partial charge on any atom is 0.121 e. The lowest BCUT2D eigenvalue weighted by molar-refractivity contribution is 0.364.